The van der Waals surface area contributed by atoms with Gasteiger partial charge in [-0.3, -0.25) is 0 Å². The molecule has 0 saturated carbocycles. The summed E-state index contributed by atoms with van der Waals surface area (Å²) >= 11 is 0. The highest BCUT2D eigenvalue weighted by Crippen LogP contribution is 2.35. The Balaban J connectivity index is 0.00000289. The summed E-state index contributed by atoms with van der Waals surface area (Å²) < 4.78 is 62.8. The summed E-state index contributed by atoms with van der Waals surface area (Å²) in [5, 5.41) is -4.60. The average Bonchev–Trinajstić information content (AvgIpc) is 2.30. The molecule has 0 heterocycles. The van der Waals surface area contributed by atoms with Crippen LogP contribution in [0.1, 0.15) is 0 Å². The molecule has 0 saturated heterocycles. The highest BCUT2D eigenvalue weighted by atomic mass is 35.5. The predicted molar refractivity (Wildman–Crippen MR) is 64.1 cm³/mol. The van der Waals surface area contributed by atoms with Gasteiger partial charge in [0.15, 0.2) is 5.83 Å². The molecule has 0 atom stereocenters. The largest absolute Gasteiger partial charge is 0.400 e. The van der Waals surface area contributed by atoms with E-state index in [1.54, 1.807) is 0 Å². The van der Waals surface area contributed by atoms with Crippen LogP contribution in [-0.4, -0.2) is 20.2 Å². The molecular weight excluding hydrogens is 291 g/mol. The second-order valence-electron chi connectivity index (χ2n) is 3.12. The summed E-state index contributed by atoms with van der Waals surface area (Å²) in [5.41, 5.74) is 4.86. The molecule has 0 unspecified atom stereocenters. The Bertz CT molecular complexity index is 517. The van der Waals surface area contributed by atoms with Gasteiger partial charge in [0.05, 0.1) is 4.90 Å². The number of halogens is 4. The van der Waals surface area contributed by atoms with Gasteiger partial charge in [-0.15, -0.1) is 12.4 Å². The highest BCUT2D eigenvalue weighted by Gasteiger charge is 2.50. The van der Waals surface area contributed by atoms with Crippen molar-refractivity contribution in [2.24, 2.45) is 5.73 Å². The Morgan fingerprint density at radius 1 is 1.28 bits per heavy atom. The van der Waals surface area contributed by atoms with Crippen molar-refractivity contribution in [3.05, 3.63) is 42.2 Å². The van der Waals surface area contributed by atoms with Crippen LogP contribution in [0, 0.1) is 0 Å². The van der Waals surface area contributed by atoms with Gasteiger partial charge in [0.2, 0.25) is 0 Å². The first-order chi connectivity index (χ1) is 7.84. The van der Waals surface area contributed by atoms with E-state index < -0.39 is 32.4 Å². The second kappa shape index (κ2) is 6.21. The summed E-state index contributed by atoms with van der Waals surface area (Å²) in [6.45, 7) is -0.508. The Hall–Kier alpha value is -1.05. The van der Waals surface area contributed by atoms with Crippen LogP contribution in [-0.2, 0) is 9.84 Å². The van der Waals surface area contributed by atoms with Crippen LogP contribution in [0.15, 0.2) is 47.1 Å². The molecule has 1 rings (SSSR count). The molecule has 8 heteroatoms. The van der Waals surface area contributed by atoms with Gasteiger partial charge in [0.1, 0.15) is 0 Å². The Kier molecular flexibility index (Phi) is 5.85. The maximum absolute atomic E-state index is 13.4. The summed E-state index contributed by atoms with van der Waals surface area (Å²) in [7, 11) is -5.09. The van der Waals surface area contributed by atoms with Crippen molar-refractivity contribution in [1.29, 1.82) is 0 Å². The number of nitrogens with two attached hydrogens (primary N) is 1. The van der Waals surface area contributed by atoms with Crippen LogP contribution in [0.5, 0.6) is 0 Å². The summed E-state index contributed by atoms with van der Waals surface area (Å²) in [6, 6.07) is 5.95. The van der Waals surface area contributed by atoms with Gasteiger partial charge in [-0.1, -0.05) is 18.2 Å². The molecule has 0 amide bonds. The zero-order valence-electron chi connectivity index (χ0n) is 9.02. The minimum Gasteiger partial charge on any atom is -0.327 e. The fourth-order valence-corrected chi connectivity index (χ4v) is 2.25. The van der Waals surface area contributed by atoms with E-state index in [2.05, 4.69) is 0 Å². The molecule has 0 aromatic heterocycles. The number of hydrogen-bond acceptors (Lipinski definition) is 3. The lowest BCUT2D eigenvalue weighted by atomic mass is 10.4. The predicted octanol–water partition coefficient (Wildman–Crippen LogP) is 2.29. The zero-order chi connectivity index (χ0) is 13.1. The van der Waals surface area contributed by atoms with Gasteiger partial charge in [0.25, 0.3) is 9.84 Å². The Morgan fingerprint density at radius 2 is 1.78 bits per heavy atom. The summed E-state index contributed by atoms with van der Waals surface area (Å²) in [5.74, 6) is -2.07. The molecule has 18 heavy (non-hydrogen) atoms. The minimum atomic E-state index is -5.09. The second-order valence-corrected chi connectivity index (χ2v) is 5.11. The molecule has 0 aliphatic heterocycles. The monoisotopic (exact) mass is 301 g/mol. The third-order valence-electron chi connectivity index (χ3n) is 1.97. The standard InChI is InChI=1S/C10H10F3NO2S.ClH/c11-9(6-7-14)10(12,13)17(15,16)8-4-2-1-3-5-8;/h1-6H,7,14H2;1H/b9-6-;. The third-order valence-corrected chi connectivity index (χ3v) is 3.73. The normalized spacial score (nSPS) is 13.0. The molecule has 1 aromatic rings. The van der Waals surface area contributed by atoms with Crippen LogP contribution in [0.3, 0.4) is 0 Å². The first-order valence-electron chi connectivity index (χ1n) is 4.57. The van der Waals surface area contributed by atoms with Crippen LogP contribution in [0.4, 0.5) is 13.2 Å². The highest BCUT2D eigenvalue weighted by molar-refractivity contribution is 7.92. The van der Waals surface area contributed by atoms with Gasteiger partial charge in [-0.25, -0.2) is 12.8 Å². The van der Waals surface area contributed by atoms with Crippen LogP contribution < -0.4 is 5.73 Å². The topological polar surface area (TPSA) is 60.2 Å². The Morgan fingerprint density at radius 3 is 2.22 bits per heavy atom. The van der Waals surface area contributed by atoms with Gasteiger partial charge in [0, 0.05) is 6.54 Å². The van der Waals surface area contributed by atoms with Crippen molar-refractivity contribution in [2.75, 3.05) is 6.54 Å². The van der Waals surface area contributed by atoms with Gasteiger partial charge >= 0.3 is 5.25 Å². The lowest BCUT2D eigenvalue weighted by Gasteiger charge is -2.15. The molecule has 1 aromatic carbocycles. The first-order valence-corrected chi connectivity index (χ1v) is 6.06. The SMILES string of the molecule is Cl.NC/C=C(\F)C(F)(F)S(=O)(=O)c1ccccc1. The first kappa shape index (κ1) is 16.9. The molecular formula is C10H11ClF3NO2S. The van der Waals surface area contributed by atoms with Crippen molar-refractivity contribution in [3.8, 4) is 0 Å². The molecule has 0 aliphatic rings. The lowest BCUT2D eigenvalue weighted by molar-refractivity contribution is 0.105. The van der Waals surface area contributed by atoms with E-state index >= 15 is 0 Å². The summed E-state index contributed by atoms with van der Waals surface area (Å²) in [4.78, 5) is -0.648. The number of benzene rings is 1. The van der Waals surface area contributed by atoms with Crippen molar-refractivity contribution < 1.29 is 21.6 Å². The number of rotatable bonds is 4. The van der Waals surface area contributed by atoms with E-state index in [-0.39, 0.29) is 12.4 Å². The maximum Gasteiger partial charge on any atom is 0.400 e. The Labute approximate surface area is 109 Å². The number of hydrogen-bond donors (Lipinski definition) is 1. The number of sulfone groups is 1. The molecule has 0 bridgehead atoms. The van der Waals surface area contributed by atoms with E-state index in [4.69, 9.17) is 5.73 Å². The molecule has 0 spiro atoms. The zero-order valence-corrected chi connectivity index (χ0v) is 10.6. The molecule has 0 fully saturated rings. The molecule has 0 aliphatic carbocycles. The van der Waals surface area contributed by atoms with E-state index in [9.17, 15) is 21.6 Å². The van der Waals surface area contributed by atoms with E-state index in [1.807, 2.05) is 0 Å². The molecule has 102 valence electrons. The smallest absolute Gasteiger partial charge is 0.327 e. The van der Waals surface area contributed by atoms with E-state index in [0.717, 1.165) is 12.1 Å². The van der Waals surface area contributed by atoms with Gasteiger partial charge in [-0.05, 0) is 18.2 Å². The van der Waals surface area contributed by atoms with Crippen LogP contribution >= 0.6 is 12.4 Å². The van der Waals surface area contributed by atoms with E-state index in [0.29, 0.717) is 6.08 Å². The van der Waals surface area contributed by atoms with Crippen LogP contribution in [0.2, 0.25) is 0 Å². The van der Waals surface area contributed by atoms with Crippen molar-refractivity contribution in [2.45, 2.75) is 10.2 Å². The molecule has 2 N–H and O–H groups in total. The maximum atomic E-state index is 13.4. The van der Waals surface area contributed by atoms with Crippen LogP contribution in [0.25, 0.3) is 0 Å². The lowest BCUT2D eigenvalue weighted by Crippen LogP contribution is -2.30. The number of alkyl halides is 2. The van der Waals surface area contributed by atoms with Crippen molar-refractivity contribution in [3.63, 3.8) is 0 Å². The van der Waals surface area contributed by atoms with Crippen molar-refractivity contribution in [1.82, 2.24) is 0 Å². The summed E-state index contributed by atoms with van der Waals surface area (Å²) in [6.07, 6.45) is 0.334. The fourth-order valence-electron chi connectivity index (χ4n) is 1.10. The fraction of sp³-hybridized carbons (Fsp3) is 0.200. The minimum absolute atomic E-state index is 0. The average molecular weight is 302 g/mol. The quantitative estimate of drug-likeness (QED) is 0.928. The van der Waals surface area contributed by atoms with Gasteiger partial charge < -0.3 is 5.73 Å². The molecule has 3 nitrogen and oxygen atoms in total. The van der Waals surface area contributed by atoms with E-state index in [1.165, 1.54) is 18.2 Å². The van der Waals surface area contributed by atoms with Gasteiger partial charge in [-0.2, -0.15) is 8.78 Å². The third kappa shape index (κ3) is 3.04. The molecule has 0 radical (unpaired) electrons. The van der Waals surface area contributed by atoms with Crippen molar-refractivity contribution >= 4 is 22.2 Å².